The van der Waals surface area contributed by atoms with Gasteiger partial charge in [0.25, 0.3) is 0 Å². The Bertz CT molecular complexity index is 912. The largest absolute Gasteiger partial charge is 0.361 e. The van der Waals surface area contributed by atoms with Gasteiger partial charge in [-0.15, -0.1) is 0 Å². The molecule has 0 atom stereocenters. The molecule has 0 aliphatic carbocycles. The summed E-state index contributed by atoms with van der Waals surface area (Å²) in [6.45, 7) is 3.52. The summed E-state index contributed by atoms with van der Waals surface area (Å²) in [5.74, 6) is -0.00867. The number of benzene rings is 2. The summed E-state index contributed by atoms with van der Waals surface area (Å²) < 4.78 is 13.8. The Labute approximate surface area is 152 Å². The van der Waals surface area contributed by atoms with Crippen molar-refractivity contribution in [3.8, 4) is 0 Å². The number of rotatable bonds is 4. The molecule has 0 spiro atoms. The molecule has 134 valence electrons. The van der Waals surface area contributed by atoms with E-state index in [1.54, 1.807) is 6.07 Å². The van der Waals surface area contributed by atoms with E-state index in [-0.39, 0.29) is 11.7 Å². The minimum absolute atomic E-state index is 0.153. The summed E-state index contributed by atoms with van der Waals surface area (Å²) >= 11 is 0. The minimum Gasteiger partial charge on any atom is -0.361 e. The van der Waals surface area contributed by atoms with Crippen molar-refractivity contribution in [2.45, 2.75) is 13.0 Å². The van der Waals surface area contributed by atoms with Gasteiger partial charge in [-0.3, -0.25) is 9.69 Å². The number of nitrogens with zero attached hydrogens (tertiary/aromatic N) is 2. The molecule has 4 nitrogen and oxygen atoms in total. The molecule has 3 aromatic rings. The Balaban J connectivity index is 1.34. The molecule has 1 aromatic heterocycles. The third-order valence-electron chi connectivity index (χ3n) is 5.09. The zero-order valence-corrected chi connectivity index (χ0v) is 14.6. The van der Waals surface area contributed by atoms with Crippen LogP contribution in [0.5, 0.6) is 0 Å². The van der Waals surface area contributed by atoms with Crippen LogP contribution in [0.2, 0.25) is 0 Å². The number of aromatic amines is 1. The Hall–Kier alpha value is -2.66. The number of nitrogens with one attached hydrogen (secondary N) is 1. The lowest BCUT2D eigenvalue weighted by Crippen LogP contribution is -2.48. The number of amides is 1. The number of piperazine rings is 1. The standard InChI is InChI=1S/C21H22FN3O/c22-19-7-3-1-5-16(19)15-24-9-11-25(12-10-24)21(26)13-17-14-23-20-8-4-2-6-18(17)20/h1-8,14,23H,9-13,15H2. The van der Waals surface area contributed by atoms with E-state index in [1.165, 1.54) is 6.07 Å². The number of hydrogen-bond acceptors (Lipinski definition) is 2. The molecule has 1 N–H and O–H groups in total. The number of halogens is 1. The fraction of sp³-hybridized carbons (Fsp3) is 0.286. The summed E-state index contributed by atoms with van der Waals surface area (Å²) in [6, 6.07) is 14.9. The second kappa shape index (κ2) is 7.30. The molecule has 0 unspecified atom stereocenters. The van der Waals surface area contributed by atoms with Gasteiger partial charge in [-0.1, -0.05) is 36.4 Å². The molecule has 5 heteroatoms. The van der Waals surface area contributed by atoms with Crippen LogP contribution < -0.4 is 0 Å². The predicted molar refractivity (Wildman–Crippen MR) is 100 cm³/mol. The quantitative estimate of drug-likeness (QED) is 0.784. The van der Waals surface area contributed by atoms with Gasteiger partial charge in [0.15, 0.2) is 0 Å². The van der Waals surface area contributed by atoms with Crippen molar-refractivity contribution < 1.29 is 9.18 Å². The number of hydrogen-bond donors (Lipinski definition) is 1. The van der Waals surface area contributed by atoms with Gasteiger partial charge >= 0.3 is 0 Å². The Morgan fingerprint density at radius 2 is 1.69 bits per heavy atom. The average molecular weight is 351 g/mol. The maximum Gasteiger partial charge on any atom is 0.227 e. The van der Waals surface area contributed by atoms with Gasteiger partial charge in [-0.05, 0) is 17.7 Å². The van der Waals surface area contributed by atoms with Crippen molar-refractivity contribution in [3.05, 3.63) is 71.7 Å². The van der Waals surface area contributed by atoms with Crippen molar-refractivity contribution in [2.75, 3.05) is 26.2 Å². The van der Waals surface area contributed by atoms with Gasteiger partial charge in [0.2, 0.25) is 5.91 Å². The van der Waals surface area contributed by atoms with E-state index in [4.69, 9.17) is 0 Å². The summed E-state index contributed by atoms with van der Waals surface area (Å²) in [5.41, 5.74) is 2.82. The lowest BCUT2D eigenvalue weighted by Gasteiger charge is -2.34. The molecular formula is C21H22FN3O. The first-order valence-electron chi connectivity index (χ1n) is 8.99. The fourth-order valence-corrected chi connectivity index (χ4v) is 3.58. The lowest BCUT2D eigenvalue weighted by molar-refractivity contribution is -0.132. The van der Waals surface area contributed by atoms with E-state index in [1.807, 2.05) is 47.5 Å². The van der Waals surface area contributed by atoms with Crippen LogP contribution in [0.15, 0.2) is 54.7 Å². The highest BCUT2D eigenvalue weighted by Crippen LogP contribution is 2.19. The van der Waals surface area contributed by atoms with Crippen molar-refractivity contribution in [3.63, 3.8) is 0 Å². The van der Waals surface area contributed by atoms with Crippen molar-refractivity contribution in [1.82, 2.24) is 14.8 Å². The molecular weight excluding hydrogens is 329 g/mol. The molecule has 4 rings (SSSR count). The van der Waals surface area contributed by atoms with Crippen LogP contribution in [0.4, 0.5) is 4.39 Å². The van der Waals surface area contributed by atoms with Crippen molar-refractivity contribution in [1.29, 1.82) is 0 Å². The second-order valence-electron chi connectivity index (χ2n) is 6.78. The predicted octanol–water partition coefficient (Wildman–Crippen LogP) is 3.19. The number of carbonyl (C=O) groups is 1. The number of para-hydroxylation sites is 1. The maximum atomic E-state index is 13.8. The third-order valence-corrected chi connectivity index (χ3v) is 5.09. The average Bonchev–Trinajstić information content (AvgIpc) is 3.07. The van der Waals surface area contributed by atoms with Gasteiger partial charge in [0, 0.05) is 55.4 Å². The number of aromatic nitrogens is 1. The van der Waals surface area contributed by atoms with Gasteiger partial charge in [0.05, 0.1) is 6.42 Å². The molecule has 2 aromatic carbocycles. The van der Waals surface area contributed by atoms with Crippen LogP contribution in [0.25, 0.3) is 10.9 Å². The summed E-state index contributed by atoms with van der Waals surface area (Å²) in [4.78, 5) is 20.0. The molecule has 0 saturated carbocycles. The first-order chi connectivity index (χ1) is 12.7. The van der Waals surface area contributed by atoms with E-state index in [0.29, 0.717) is 31.6 Å². The number of carbonyl (C=O) groups excluding carboxylic acids is 1. The monoisotopic (exact) mass is 351 g/mol. The van der Waals surface area contributed by atoms with Crippen molar-refractivity contribution >= 4 is 16.8 Å². The topological polar surface area (TPSA) is 39.3 Å². The zero-order chi connectivity index (χ0) is 17.9. The molecule has 1 saturated heterocycles. The Kier molecular flexibility index (Phi) is 4.71. The SMILES string of the molecule is O=C(Cc1c[nH]c2ccccc12)N1CCN(Cc2ccccc2F)CC1. The van der Waals surface area contributed by atoms with E-state index >= 15 is 0 Å². The molecule has 1 aliphatic rings. The van der Waals surface area contributed by atoms with Gasteiger partial charge in [0.1, 0.15) is 5.82 Å². The normalized spacial score (nSPS) is 15.5. The van der Waals surface area contributed by atoms with E-state index in [0.717, 1.165) is 29.6 Å². The zero-order valence-electron chi connectivity index (χ0n) is 14.6. The van der Waals surface area contributed by atoms with E-state index < -0.39 is 0 Å². The first-order valence-corrected chi connectivity index (χ1v) is 8.99. The molecule has 0 bridgehead atoms. The molecule has 26 heavy (non-hydrogen) atoms. The highest BCUT2D eigenvalue weighted by Gasteiger charge is 2.22. The molecule has 1 aliphatic heterocycles. The summed E-state index contributed by atoms with van der Waals surface area (Å²) in [5, 5.41) is 1.11. The first kappa shape index (κ1) is 16.8. The van der Waals surface area contributed by atoms with Gasteiger partial charge < -0.3 is 9.88 Å². The van der Waals surface area contributed by atoms with Crippen LogP contribution in [0.1, 0.15) is 11.1 Å². The third kappa shape index (κ3) is 3.48. The number of fused-ring (bicyclic) bond motifs is 1. The van der Waals surface area contributed by atoms with E-state index in [9.17, 15) is 9.18 Å². The van der Waals surface area contributed by atoms with Crippen LogP contribution in [0, 0.1) is 5.82 Å². The highest BCUT2D eigenvalue weighted by molar-refractivity contribution is 5.88. The molecule has 2 heterocycles. The maximum absolute atomic E-state index is 13.8. The smallest absolute Gasteiger partial charge is 0.227 e. The van der Waals surface area contributed by atoms with Crippen LogP contribution in [0.3, 0.4) is 0 Å². The van der Waals surface area contributed by atoms with Gasteiger partial charge in [-0.25, -0.2) is 4.39 Å². The van der Waals surface area contributed by atoms with E-state index in [2.05, 4.69) is 9.88 Å². The molecule has 1 amide bonds. The molecule has 1 fully saturated rings. The van der Waals surface area contributed by atoms with Crippen LogP contribution in [-0.4, -0.2) is 46.9 Å². The Morgan fingerprint density at radius 3 is 2.50 bits per heavy atom. The summed E-state index contributed by atoms with van der Waals surface area (Å²) in [7, 11) is 0. The number of H-pyrrole nitrogens is 1. The highest BCUT2D eigenvalue weighted by atomic mass is 19.1. The molecule has 0 radical (unpaired) electrons. The van der Waals surface area contributed by atoms with Gasteiger partial charge in [-0.2, -0.15) is 0 Å². The fourth-order valence-electron chi connectivity index (χ4n) is 3.58. The summed E-state index contributed by atoms with van der Waals surface area (Å²) in [6.07, 6.45) is 2.34. The lowest BCUT2D eigenvalue weighted by atomic mass is 10.1. The second-order valence-corrected chi connectivity index (χ2v) is 6.78. The van der Waals surface area contributed by atoms with Crippen LogP contribution in [-0.2, 0) is 17.8 Å². The van der Waals surface area contributed by atoms with Crippen LogP contribution >= 0.6 is 0 Å². The minimum atomic E-state index is -0.162. The van der Waals surface area contributed by atoms with Crippen molar-refractivity contribution in [2.24, 2.45) is 0 Å². The Morgan fingerprint density at radius 1 is 0.962 bits per heavy atom.